The largest absolute Gasteiger partial charge is 0.459 e. The first-order valence-electron chi connectivity index (χ1n) is 7.30. The number of nitrogens with one attached hydrogen (secondary N) is 2. The quantitative estimate of drug-likeness (QED) is 0.904. The average molecular weight is 325 g/mol. The fourth-order valence-corrected chi connectivity index (χ4v) is 2.60. The minimum Gasteiger partial charge on any atom is -0.459 e. The number of carbonyl (C=O) groups is 1. The molecule has 0 aliphatic carbocycles. The summed E-state index contributed by atoms with van der Waals surface area (Å²) in [7, 11) is 0. The Morgan fingerprint density at radius 1 is 1.41 bits per heavy atom. The zero-order valence-electron chi connectivity index (χ0n) is 12.6. The maximum absolute atomic E-state index is 12.0. The lowest BCUT2D eigenvalue weighted by Gasteiger charge is -2.22. The lowest BCUT2D eigenvalue weighted by molar-refractivity contribution is -0.124. The molecule has 0 saturated carbocycles. The number of ether oxygens (including phenoxy) is 1. The molecule has 1 saturated heterocycles. The molecule has 1 amide bonds. The van der Waals surface area contributed by atoms with E-state index in [4.69, 9.17) is 9.15 Å². The van der Waals surface area contributed by atoms with E-state index in [0.29, 0.717) is 19.6 Å². The van der Waals surface area contributed by atoms with Crippen molar-refractivity contribution in [2.45, 2.75) is 26.0 Å². The lowest BCUT2D eigenvalue weighted by atomic mass is 10.1. The Bertz CT molecular complexity index is 635. The second kappa shape index (κ2) is 7.63. The molecule has 1 aromatic carbocycles. The second-order valence-corrected chi connectivity index (χ2v) is 5.32. The summed E-state index contributed by atoms with van der Waals surface area (Å²) in [4.78, 5) is 12.0. The molecule has 2 aromatic rings. The normalized spacial score (nSPS) is 18.0. The fraction of sp³-hybridized carbons (Fsp3) is 0.438. The number of rotatable bonds is 4. The predicted molar refractivity (Wildman–Crippen MR) is 87.3 cm³/mol. The van der Waals surface area contributed by atoms with E-state index in [1.807, 2.05) is 31.2 Å². The van der Waals surface area contributed by atoms with Gasteiger partial charge in [-0.15, -0.1) is 12.4 Å². The van der Waals surface area contributed by atoms with E-state index in [1.54, 1.807) is 0 Å². The number of fused-ring (bicyclic) bond motifs is 1. The molecule has 1 unspecified atom stereocenters. The minimum absolute atomic E-state index is 0. The monoisotopic (exact) mass is 324 g/mol. The number of carbonyl (C=O) groups excluding carboxylic acids is 1. The fourth-order valence-electron chi connectivity index (χ4n) is 2.60. The number of morpholine rings is 1. The highest BCUT2D eigenvalue weighted by Crippen LogP contribution is 2.24. The molecular formula is C16H21ClN2O3. The van der Waals surface area contributed by atoms with Gasteiger partial charge in [-0.2, -0.15) is 0 Å². The van der Waals surface area contributed by atoms with Gasteiger partial charge in [0.25, 0.3) is 0 Å². The van der Waals surface area contributed by atoms with Crippen molar-refractivity contribution in [3.05, 3.63) is 35.6 Å². The summed E-state index contributed by atoms with van der Waals surface area (Å²) in [6.45, 7) is 4.69. The highest BCUT2D eigenvalue weighted by Gasteiger charge is 2.18. The number of para-hydroxylation sites is 1. The van der Waals surface area contributed by atoms with Crippen LogP contribution in [0.3, 0.4) is 0 Å². The average Bonchev–Trinajstić information content (AvgIpc) is 2.83. The van der Waals surface area contributed by atoms with Gasteiger partial charge in [-0.05, 0) is 13.0 Å². The molecule has 0 bridgehead atoms. The molecule has 2 heterocycles. The van der Waals surface area contributed by atoms with Gasteiger partial charge in [0.1, 0.15) is 11.3 Å². The third-order valence-electron chi connectivity index (χ3n) is 3.81. The van der Waals surface area contributed by atoms with Crippen molar-refractivity contribution >= 4 is 29.3 Å². The number of amides is 1. The van der Waals surface area contributed by atoms with E-state index >= 15 is 0 Å². The molecule has 1 aliphatic heterocycles. The Labute approximate surface area is 135 Å². The van der Waals surface area contributed by atoms with E-state index in [9.17, 15) is 4.79 Å². The van der Waals surface area contributed by atoms with Crippen LogP contribution in [0.4, 0.5) is 0 Å². The van der Waals surface area contributed by atoms with Crippen LogP contribution in [0.5, 0.6) is 0 Å². The Hall–Kier alpha value is -1.56. The molecule has 1 atom stereocenters. The standard InChI is InChI=1S/C16H20N2O3.ClH/c1-11-13-4-2-3-5-14(13)21-15(11)10-18-16(19)8-12-9-17-6-7-20-12;/h2-5,12,17H,6-10H2,1H3,(H,18,19);1H. The molecule has 3 rings (SSSR count). The molecule has 0 radical (unpaired) electrons. The van der Waals surface area contributed by atoms with Gasteiger partial charge in [0, 0.05) is 24.0 Å². The van der Waals surface area contributed by atoms with Crippen molar-refractivity contribution < 1.29 is 13.9 Å². The second-order valence-electron chi connectivity index (χ2n) is 5.32. The molecule has 6 heteroatoms. The summed E-state index contributed by atoms with van der Waals surface area (Å²) < 4.78 is 11.3. The Morgan fingerprint density at radius 2 is 2.23 bits per heavy atom. The van der Waals surface area contributed by atoms with Gasteiger partial charge in [0.15, 0.2) is 0 Å². The van der Waals surface area contributed by atoms with Crippen molar-refractivity contribution in [1.29, 1.82) is 0 Å². The van der Waals surface area contributed by atoms with Crippen molar-refractivity contribution in [1.82, 2.24) is 10.6 Å². The van der Waals surface area contributed by atoms with Crippen LogP contribution in [0.15, 0.2) is 28.7 Å². The van der Waals surface area contributed by atoms with Crippen molar-refractivity contribution in [2.24, 2.45) is 0 Å². The summed E-state index contributed by atoms with van der Waals surface area (Å²) in [5.74, 6) is 0.802. The molecule has 0 spiro atoms. The SMILES string of the molecule is Cc1c(CNC(=O)CC2CNCCO2)oc2ccccc12.Cl. The summed E-state index contributed by atoms with van der Waals surface area (Å²) in [5, 5.41) is 7.22. The Kier molecular flexibility index (Phi) is 5.83. The summed E-state index contributed by atoms with van der Waals surface area (Å²) in [6.07, 6.45) is 0.349. The van der Waals surface area contributed by atoms with Gasteiger partial charge >= 0.3 is 0 Å². The maximum atomic E-state index is 12.0. The number of hydrogen-bond donors (Lipinski definition) is 2. The van der Waals surface area contributed by atoms with E-state index in [1.165, 1.54) is 0 Å². The topological polar surface area (TPSA) is 63.5 Å². The van der Waals surface area contributed by atoms with Crippen LogP contribution in [0, 0.1) is 6.92 Å². The molecule has 120 valence electrons. The van der Waals surface area contributed by atoms with E-state index in [-0.39, 0.29) is 24.4 Å². The van der Waals surface area contributed by atoms with Crippen LogP contribution >= 0.6 is 12.4 Å². The van der Waals surface area contributed by atoms with Gasteiger partial charge in [0.05, 0.1) is 25.7 Å². The molecular weight excluding hydrogens is 304 g/mol. The van der Waals surface area contributed by atoms with Gasteiger partial charge < -0.3 is 19.8 Å². The van der Waals surface area contributed by atoms with E-state index < -0.39 is 0 Å². The van der Waals surface area contributed by atoms with Crippen LogP contribution in [0.25, 0.3) is 11.0 Å². The van der Waals surface area contributed by atoms with Crippen molar-refractivity contribution in [3.63, 3.8) is 0 Å². The molecule has 1 aromatic heterocycles. The third-order valence-corrected chi connectivity index (χ3v) is 3.81. The summed E-state index contributed by atoms with van der Waals surface area (Å²) in [5.41, 5.74) is 1.94. The lowest BCUT2D eigenvalue weighted by Crippen LogP contribution is -2.41. The number of hydrogen-bond acceptors (Lipinski definition) is 4. The number of benzene rings is 1. The summed E-state index contributed by atoms with van der Waals surface area (Å²) >= 11 is 0. The molecule has 5 nitrogen and oxygen atoms in total. The van der Waals surface area contributed by atoms with Gasteiger partial charge in [-0.25, -0.2) is 0 Å². The molecule has 22 heavy (non-hydrogen) atoms. The highest BCUT2D eigenvalue weighted by molar-refractivity contribution is 5.85. The van der Waals surface area contributed by atoms with Crippen molar-refractivity contribution in [3.8, 4) is 0 Å². The van der Waals surface area contributed by atoms with Crippen LogP contribution in [-0.2, 0) is 16.1 Å². The van der Waals surface area contributed by atoms with Crippen LogP contribution in [0.2, 0.25) is 0 Å². The molecule has 1 aliphatic rings. The van der Waals surface area contributed by atoms with E-state index in [2.05, 4.69) is 10.6 Å². The molecule has 2 N–H and O–H groups in total. The third kappa shape index (κ3) is 3.80. The van der Waals surface area contributed by atoms with Crippen LogP contribution in [-0.4, -0.2) is 31.7 Å². The maximum Gasteiger partial charge on any atom is 0.223 e. The minimum atomic E-state index is -0.0319. The van der Waals surface area contributed by atoms with Crippen molar-refractivity contribution in [2.75, 3.05) is 19.7 Å². The number of halogens is 1. The number of furan rings is 1. The van der Waals surface area contributed by atoms with Crippen LogP contribution in [0.1, 0.15) is 17.7 Å². The Morgan fingerprint density at radius 3 is 2.95 bits per heavy atom. The van der Waals surface area contributed by atoms with Crippen LogP contribution < -0.4 is 10.6 Å². The summed E-state index contributed by atoms with van der Waals surface area (Å²) in [6, 6.07) is 7.90. The van der Waals surface area contributed by atoms with E-state index in [0.717, 1.165) is 35.4 Å². The first-order valence-corrected chi connectivity index (χ1v) is 7.30. The van der Waals surface area contributed by atoms with Gasteiger partial charge in [-0.3, -0.25) is 4.79 Å². The zero-order chi connectivity index (χ0) is 14.7. The number of aryl methyl sites for hydroxylation is 1. The van der Waals surface area contributed by atoms with Gasteiger partial charge in [-0.1, -0.05) is 18.2 Å². The smallest absolute Gasteiger partial charge is 0.223 e. The molecule has 1 fully saturated rings. The van der Waals surface area contributed by atoms with Gasteiger partial charge in [0.2, 0.25) is 5.91 Å². The Balaban J connectivity index is 0.00000176. The first kappa shape index (κ1) is 16.8. The first-order chi connectivity index (χ1) is 10.2. The zero-order valence-corrected chi connectivity index (χ0v) is 13.4. The highest BCUT2D eigenvalue weighted by atomic mass is 35.5. The predicted octanol–water partition coefficient (Wildman–Crippen LogP) is 2.16.